The van der Waals surface area contributed by atoms with Crippen molar-refractivity contribution in [3.8, 4) is 5.75 Å². The summed E-state index contributed by atoms with van der Waals surface area (Å²) in [5, 5.41) is 13.4. The van der Waals surface area contributed by atoms with Crippen LogP contribution in [0.15, 0.2) is 12.1 Å². The number of rotatable bonds is 4. The number of hydrogen-bond acceptors (Lipinski definition) is 3. The molecule has 0 bridgehead atoms. The highest BCUT2D eigenvalue weighted by molar-refractivity contribution is 5.85. The summed E-state index contributed by atoms with van der Waals surface area (Å²) in [5.74, 6) is 1.06. The van der Waals surface area contributed by atoms with Crippen LogP contribution < -0.4 is 5.32 Å². The van der Waals surface area contributed by atoms with Crippen molar-refractivity contribution < 1.29 is 5.11 Å². The Hall–Kier alpha value is -0.480. The number of phenolic OH excluding ortho intramolecular Hbond substituents is 1. The SMILES string of the molecule is CCC(C)[C@@H](c1cc(C)c(O)c(C)c1)N1CCNCC1.Cl.Cl. The van der Waals surface area contributed by atoms with Crippen LogP contribution in [0.2, 0.25) is 0 Å². The molecule has 0 spiro atoms. The molecule has 1 aromatic carbocycles. The second-order valence-electron chi connectivity index (χ2n) is 6.12. The highest BCUT2D eigenvalue weighted by atomic mass is 35.5. The zero-order chi connectivity index (χ0) is 14.7. The van der Waals surface area contributed by atoms with E-state index in [9.17, 15) is 5.11 Å². The molecule has 0 aromatic heterocycles. The third kappa shape index (κ3) is 4.76. The van der Waals surface area contributed by atoms with Gasteiger partial charge in [0.15, 0.2) is 0 Å². The van der Waals surface area contributed by atoms with E-state index in [0.29, 0.717) is 17.7 Å². The zero-order valence-corrected chi connectivity index (χ0v) is 15.7. The Balaban J connectivity index is 0.00000220. The van der Waals surface area contributed by atoms with Crippen LogP contribution >= 0.6 is 24.8 Å². The maximum absolute atomic E-state index is 10.00. The summed E-state index contributed by atoms with van der Waals surface area (Å²) in [6.45, 7) is 13.0. The third-order valence-corrected chi connectivity index (χ3v) is 4.58. The van der Waals surface area contributed by atoms with Gasteiger partial charge in [0.1, 0.15) is 5.75 Å². The monoisotopic (exact) mass is 348 g/mol. The number of piperazine rings is 1. The van der Waals surface area contributed by atoms with Crippen LogP contribution in [0.4, 0.5) is 0 Å². The van der Waals surface area contributed by atoms with E-state index >= 15 is 0 Å². The van der Waals surface area contributed by atoms with Crippen molar-refractivity contribution >= 4 is 24.8 Å². The fourth-order valence-corrected chi connectivity index (χ4v) is 3.24. The summed E-state index contributed by atoms with van der Waals surface area (Å²) < 4.78 is 0. The molecule has 1 heterocycles. The standard InChI is InChI=1S/C17H28N2O.2ClH/c1-5-12(2)16(19-8-6-18-7-9-19)15-10-13(3)17(20)14(4)11-15;;/h10-12,16,18,20H,5-9H2,1-4H3;2*1H/t12?,16-;;/m0../s1. The summed E-state index contributed by atoms with van der Waals surface area (Å²) in [5.41, 5.74) is 3.33. The molecule has 1 unspecified atom stereocenters. The summed E-state index contributed by atoms with van der Waals surface area (Å²) in [4.78, 5) is 2.59. The average Bonchev–Trinajstić information content (AvgIpc) is 2.46. The first kappa shape index (κ1) is 21.5. The largest absolute Gasteiger partial charge is 0.507 e. The molecule has 0 amide bonds. The molecular weight excluding hydrogens is 319 g/mol. The van der Waals surface area contributed by atoms with E-state index in [1.54, 1.807) is 0 Å². The zero-order valence-electron chi connectivity index (χ0n) is 14.1. The Bertz CT molecular complexity index is 439. The smallest absolute Gasteiger partial charge is 0.121 e. The lowest BCUT2D eigenvalue weighted by molar-refractivity contribution is 0.128. The summed E-state index contributed by atoms with van der Waals surface area (Å²) >= 11 is 0. The highest BCUT2D eigenvalue weighted by Gasteiger charge is 2.27. The van der Waals surface area contributed by atoms with Gasteiger partial charge in [-0.2, -0.15) is 0 Å². The van der Waals surface area contributed by atoms with Crippen molar-refractivity contribution in [1.29, 1.82) is 0 Å². The fraction of sp³-hybridized carbons (Fsp3) is 0.647. The van der Waals surface area contributed by atoms with Crippen molar-refractivity contribution in [3.63, 3.8) is 0 Å². The molecule has 5 heteroatoms. The number of halogens is 2. The maximum Gasteiger partial charge on any atom is 0.121 e. The molecule has 1 aliphatic heterocycles. The fourth-order valence-electron chi connectivity index (χ4n) is 3.24. The van der Waals surface area contributed by atoms with Gasteiger partial charge in [0.05, 0.1) is 0 Å². The molecule has 0 saturated carbocycles. The molecule has 0 radical (unpaired) electrons. The Kier molecular flexibility index (Phi) is 9.40. The predicted molar refractivity (Wildman–Crippen MR) is 98.7 cm³/mol. The van der Waals surface area contributed by atoms with E-state index in [1.165, 1.54) is 12.0 Å². The Labute approximate surface area is 147 Å². The molecule has 1 aliphatic rings. The molecule has 128 valence electrons. The Morgan fingerprint density at radius 3 is 2.09 bits per heavy atom. The third-order valence-electron chi connectivity index (χ3n) is 4.58. The number of aromatic hydroxyl groups is 1. The first-order valence-corrected chi connectivity index (χ1v) is 7.79. The molecule has 3 nitrogen and oxygen atoms in total. The number of phenols is 1. The Morgan fingerprint density at radius 2 is 1.64 bits per heavy atom. The van der Waals surface area contributed by atoms with Crippen molar-refractivity contribution in [2.45, 2.75) is 40.2 Å². The van der Waals surface area contributed by atoms with Crippen LogP contribution in [0.25, 0.3) is 0 Å². The number of nitrogens with zero attached hydrogens (tertiary/aromatic N) is 1. The molecule has 2 atom stereocenters. The number of nitrogens with one attached hydrogen (secondary N) is 1. The van der Waals surface area contributed by atoms with Gasteiger partial charge in [-0.25, -0.2) is 0 Å². The van der Waals surface area contributed by atoms with Gasteiger partial charge in [-0.3, -0.25) is 4.90 Å². The topological polar surface area (TPSA) is 35.5 Å². The minimum atomic E-state index is 0. The second kappa shape index (κ2) is 9.61. The minimum Gasteiger partial charge on any atom is -0.507 e. The Morgan fingerprint density at radius 1 is 1.14 bits per heavy atom. The van der Waals surface area contributed by atoms with Gasteiger partial charge in [-0.1, -0.05) is 32.4 Å². The van der Waals surface area contributed by atoms with Crippen LogP contribution in [0, 0.1) is 19.8 Å². The van der Waals surface area contributed by atoms with Gasteiger partial charge in [0, 0.05) is 32.2 Å². The van der Waals surface area contributed by atoms with Crippen LogP contribution in [-0.4, -0.2) is 36.2 Å². The molecule has 0 aliphatic carbocycles. The van der Waals surface area contributed by atoms with E-state index < -0.39 is 0 Å². The molecule has 2 rings (SSSR count). The maximum atomic E-state index is 10.00. The number of benzene rings is 1. The molecule has 1 saturated heterocycles. The lowest BCUT2D eigenvalue weighted by Crippen LogP contribution is -2.46. The van der Waals surface area contributed by atoms with Crippen molar-refractivity contribution in [2.75, 3.05) is 26.2 Å². The second-order valence-corrected chi connectivity index (χ2v) is 6.12. The number of hydrogen-bond donors (Lipinski definition) is 2. The van der Waals surface area contributed by atoms with E-state index in [-0.39, 0.29) is 24.8 Å². The van der Waals surface area contributed by atoms with Crippen molar-refractivity contribution in [1.82, 2.24) is 10.2 Å². The average molecular weight is 349 g/mol. The number of aryl methyl sites for hydroxylation is 2. The molecule has 1 fully saturated rings. The van der Waals surface area contributed by atoms with Gasteiger partial charge in [0.2, 0.25) is 0 Å². The van der Waals surface area contributed by atoms with Crippen LogP contribution in [0.1, 0.15) is 43.0 Å². The normalized spacial score (nSPS) is 18.0. The molecule has 2 N–H and O–H groups in total. The van der Waals surface area contributed by atoms with Gasteiger partial charge in [-0.05, 0) is 36.5 Å². The first-order valence-electron chi connectivity index (χ1n) is 7.79. The highest BCUT2D eigenvalue weighted by Crippen LogP contribution is 2.34. The molecule has 1 aromatic rings. The quantitative estimate of drug-likeness (QED) is 0.867. The van der Waals surface area contributed by atoms with Gasteiger partial charge >= 0.3 is 0 Å². The summed E-state index contributed by atoms with van der Waals surface area (Å²) in [7, 11) is 0. The van der Waals surface area contributed by atoms with E-state index in [1.807, 2.05) is 13.8 Å². The van der Waals surface area contributed by atoms with Gasteiger partial charge < -0.3 is 10.4 Å². The predicted octanol–water partition coefficient (Wildman–Crippen LogP) is 3.85. The first-order chi connectivity index (χ1) is 9.54. The summed E-state index contributed by atoms with van der Waals surface area (Å²) in [6, 6.07) is 4.79. The van der Waals surface area contributed by atoms with E-state index in [4.69, 9.17) is 0 Å². The molecule has 22 heavy (non-hydrogen) atoms. The lowest BCUT2D eigenvalue weighted by atomic mass is 9.88. The van der Waals surface area contributed by atoms with Crippen LogP contribution in [0.5, 0.6) is 5.75 Å². The van der Waals surface area contributed by atoms with Crippen molar-refractivity contribution in [3.05, 3.63) is 28.8 Å². The van der Waals surface area contributed by atoms with Gasteiger partial charge in [0.25, 0.3) is 0 Å². The van der Waals surface area contributed by atoms with Crippen molar-refractivity contribution in [2.24, 2.45) is 5.92 Å². The lowest BCUT2D eigenvalue weighted by Gasteiger charge is -2.38. The van der Waals surface area contributed by atoms with Crippen LogP contribution in [-0.2, 0) is 0 Å². The van der Waals surface area contributed by atoms with E-state index in [2.05, 4.69) is 36.2 Å². The molecular formula is C17H30Cl2N2O. The minimum absolute atomic E-state index is 0. The summed E-state index contributed by atoms with van der Waals surface area (Å²) in [6.07, 6.45) is 1.17. The van der Waals surface area contributed by atoms with E-state index in [0.717, 1.165) is 37.3 Å². The van der Waals surface area contributed by atoms with Crippen LogP contribution in [0.3, 0.4) is 0 Å². The van der Waals surface area contributed by atoms with Gasteiger partial charge in [-0.15, -0.1) is 24.8 Å².